The van der Waals surface area contributed by atoms with Crippen molar-refractivity contribution in [3.05, 3.63) is 76.4 Å². The molecule has 0 unspecified atom stereocenters. The highest BCUT2D eigenvalue weighted by molar-refractivity contribution is 5.76. The lowest BCUT2D eigenvalue weighted by Gasteiger charge is -2.36. The molecule has 1 fully saturated rings. The highest BCUT2D eigenvalue weighted by atomic mass is 19.1. The molecular formula is C20H19FN2O2. The Morgan fingerprint density at radius 1 is 0.920 bits per heavy atom. The molecule has 1 aliphatic heterocycles. The van der Waals surface area contributed by atoms with Gasteiger partial charge < -0.3 is 9.32 Å². The fraction of sp³-hybridized carbons (Fsp3) is 0.250. The molecule has 0 N–H and O–H groups in total. The number of anilines is 1. The van der Waals surface area contributed by atoms with Gasteiger partial charge in [-0.25, -0.2) is 9.18 Å². The monoisotopic (exact) mass is 338 g/mol. The van der Waals surface area contributed by atoms with E-state index in [1.165, 1.54) is 18.2 Å². The molecule has 0 saturated carbocycles. The van der Waals surface area contributed by atoms with Gasteiger partial charge >= 0.3 is 5.63 Å². The van der Waals surface area contributed by atoms with Crippen LogP contribution < -0.4 is 10.5 Å². The Morgan fingerprint density at radius 2 is 1.64 bits per heavy atom. The number of nitrogens with zero attached hydrogens (tertiary/aromatic N) is 2. The van der Waals surface area contributed by atoms with Crippen molar-refractivity contribution >= 4 is 16.7 Å². The second-order valence-electron chi connectivity index (χ2n) is 6.37. The Labute approximate surface area is 145 Å². The van der Waals surface area contributed by atoms with Crippen molar-refractivity contribution in [1.82, 2.24) is 4.90 Å². The zero-order valence-corrected chi connectivity index (χ0v) is 13.8. The first-order chi connectivity index (χ1) is 12.2. The van der Waals surface area contributed by atoms with Crippen LogP contribution in [0, 0.1) is 5.82 Å². The summed E-state index contributed by atoms with van der Waals surface area (Å²) in [5.41, 5.74) is 2.51. The highest BCUT2D eigenvalue weighted by Gasteiger charge is 2.17. The van der Waals surface area contributed by atoms with Crippen LogP contribution in [-0.2, 0) is 6.54 Å². The lowest BCUT2D eigenvalue weighted by atomic mass is 10.1. The van der Waals surface area contributed by atoms with E-state index < -0.39 is 0 Å². The number of hydrogen-bond donors (Lipinski definition) is 0. The minimum absolute atomic E-state index is 0.203. The van der Waals surface area contributed by atoms with Crippen LogP contribution in [0.1, 0.15) is 5.56 Å². The molecule has 1 aromatic heterocycles. The first-order valence-electron chi connectivity index (χ1n) is 8.43. The van der Waals surface area contributed by atoms with E-state index in [4.69, 9.17) is 4.42 Å². The third-order valence-electron chi connectivity index (χ3n) is 4.66. The molecule has 2 heterocycles. The fourth-order valence-electron chi connectivity index (χ4n) is 3.28. The van der Waals surface area contributed by atoms with Gasteiger partial charge in [0.05, 0.1) is 0 Å². The van der Waals surface area contributed by atoms with Gasteiger partial charge in [0.2, 0.25) is 0 Å². The quantitative estimate of drug-likeness (QED) is 0.687. The number of benzene rings is 2. The number of hydrogen-bond acceptors (Lipinski definition) is 4. The van der Waals surface area contributed by atoms with Gasteiger partial charge in [0.25, 0.3) is 0 Å². The summed E-state index contributed by atoms with van der Waals surface area (Å²) in [5.74, 6) is -0.203. The summed E-state index contributed by atoms with van der Waals surface area (Å²) in [6, 6.07) is 15.9. The van der Waals surface area contributed by atoms with Crippen LogP contribution in [-0.4, -0.2) is 31.1 Å². The van der Waals surface area contributed by atoms with Gasteiger partial charge in [-0.3, -0.25) is 4.90 Å². The molecule has 0 spiro atoms. The average Bonchev–Trinajstić information content (AvgIpc) is 2.63. The van der Waals surface area contributed by atoms with Crippen LogP contribution in [0.2, 0.25) is 0 Å². The molecule has 2 aromatic carbocycles. The van der Waals surface area contributed by atoms with E-state index >= 15 is 0 Å². The van der Waals surface area contributed by atoms with Crippen LogP contribution in [0.15, 0.2) is 63.8 Å². The van der Waals surface area contributed by atoms with E-state index in [2.05, 4.69) is 15.9 Å². The summed E-state index contributed by atoms with van der Waals surface area (Å²) >= 11 is 0. The van der Waals surface area contributed by atoms with E-state index in [0.29, 0.717) is 5.58 Å². The first-order valence-corrected chi connectivity index (χ1v) is 8.43. The zero-order chi connectivity index (χ0) is 17.2. The fourth-order valence-corrected chi connectivity index (χ4v) is 3.28. The summed E-state index contributed by atoms with van der Waals surface area (Å²) in [6.45, 7) is 4.52. The smallest absolute Gasteiger partial charge is 0.336 e. The molecule has 4 nitrogen and oxygen atoms in total. The molecule has 1 saturated heterocycles. The Kier molecular flexibility index (Phi) is 4.24. The van der Waals surface area contributed by atoms with Crippen molar-refractivity contribution in [3.63, 3.8) is 0 Å². The number of halogens is 1. The summed E-state index contributed by atoms with van der Waals surface area (Å²) in [6.07, 6.45) is 0. The minimum atomic E-state index is -0.322. The molecule has 0 amide bonds. The summed E-state index contributed by atoms with van der Waals surface area (Å²) < 4.78 is 18.3. The number of rotatable bonds is 3. The molecule has 1 aliphatic rings. The Morgan fingerprint density at radius 3 is 2.40 bits per heavy atom. The molecule has 0 bridgehead atoms. The van der Waals surface area contributed by atoms with Crippen molar-refractivity contribution in [2.45, 2.75) is 6.54 Å². The first kappa shape index (κ1) is 15.8. The van der Waals surface area contributed by atoms with Gasteiger partial charge in [-0.2, -0.15) is 0 Å². The molecule has 4 rings (SSSR count). The van der Waals surface area contributed by atoms with Crippen molar-refractivity contribution in [2.24, 2.45) is 0 Å². The Bertz CT molecular complexity index is 928. The van der Waals surface area contributed by atoms with Crippen LogP contribution in [0.4, 0.5) is 10.1 Å². The molecule has 25 heavy (non-hydrogen) atoms. The van der Waals surface area contributed by atoms with Crippen LogP contribution in [0.3, 0.4) is 0 Å². The minimum Gasteiger partial charge on any atom is -0.423 e. The standard InChI is InChI=1S/C20H19FN2O2/c21-17-4-6-18(7-5-17)23-11-9-22(10-12-23)14-15-1-2-16-3-8-20(24)25-19(16)13-15/h1-8,13H,9-12,14H2. The van der Waals surface area contributed by atoms with Crippen molar-refractivity contribution in [2.75, 3.05) is 31.1 Å². The van der Waals surface area contributed by atoms with Gasteiger partial charge in [0.1, 0.15) is 11.4 Å². The molecular weight excluding hydrogens is 319 g/mol. The normalized spacial score (nSPS) is 15.6. The van der Waals surface area contributed by atoms with Crippen molar-refractivity contribution < 1.29 is 8.81 Å². The lowest BCUT2D eigenvalue weighted by molar-refractivity contribution is 0.250. The summed E-state index contributed by atoms with van der Waals surface area (Å²) in [7, 11) is 0. The second kappa shape index (κ2) is 6.69. The third-order valence-corrected chi connectivity index (χ3v) is 4.66. The summed E-state index contributed by atoms with van der Waals surface area (Å²) in [5, 5.41) is 0.935. The van der Waals surface area contributed by atoms with Gasteiger partial charge in [0, 0.05) is 49.9 Å². The van der Waals surface area contributed by atoms with E-state index in [1.807, 2.05) is 24.3 Å². The van der Waals surface area contributed by atoms with Gasteiger partial charge in [0.15, 0.2) is 0 Å². The molecule has 0 aliphatic carbocycles. The predicted octanol–water partition coefficient (Wildman–Crippen LogP) is 3.25. The molecule has 5 heteroatoms. The van der Waals surface area contributed by atoms with Crippen molar-refractivity contribution in [1.29, 1.82) is 0 Å². The molecule has 3 aromatic rings. The lowest BCUT2D eigenvalue weighted by Crippen LogP contribution is -2.45. The maximum Gasteiger partial charge on any atom is 0.336 e. The van der Waals surface area contributed by atoms with Gasteiger partial charge in [-0.1, -0.05) is 12.1 Å². The van der Waals surface area contributed by atoms with E-state index in [-0.39, 0.29) is 11.4 Å². The zero-order valence-electron chi connectivity index (χ0n) is 13.8. The van der Waals surface area contributed by atoms with Crippen LogP contribution in [0.5, 0.6) is 0 Å². The largest absolute Gasteiger partial charge is 0.423 e. The molecule has 0 atom stereocenters. The average molecular weight is 338 g/mol. The Hall–Kier alpha value is -2.66. The maximum atomic E-state index is 13.0. The molecule has 0 radical (unpaired) electrons. The van der Waals surface area contributed by atoms with E-state index in [1.54, 1.807) is 6.07 Å². The van der Waals surface area contributed by atoms with Gasteiger partial charge in [-0.05, 0) is 42.0 Å². The van der Waals surface area contributed by atoms with Crippen molar-refractivity contribution in [3.8, 4) is 0 Å². The van der Waals surface area contributed by atoms with Crippen LogP contribution in [0.25, 0.3) is 11.0 Å². The number of piperazine rings is 1. The third kappa shape index (κ3) is 3.56. The van der Waals surface area contributed by atoms with Crippen LogP contribution >= 0.6 is 0 Å². The highest BCUT2D eigenvalue weighted by Crippen LogP contribution is 2.19. The summed E-state index contributed by atoms with van der Waals surface area (Å²) in [4.78, 5) is 16.0. The second-order valence-corrected chi connectivity index (χ2v) is 6.37. The predicted molar refractivity (Wildman–Crippen MR) is 96.4 cm³/mol. The number of fused-ring (bicyclic) bond motifs is 1. The Balaban J connectivity index is 1.41. The van der Waals surface area contributed by atoms with E-state index in [9.17, 15) is 9.18 Å². The molecule has 128 valence electrons. The topological polar surface area (TPSA) is 36.7 Å². The SMILES string of the molecule is O=c1ccc2ccc(CN3CCN(c4ccc(F)cc4)CC3)cc2o1. The maximum absolute atomic E-state index is 13.0. The van der Waals surface area contributed by atoms with Gasteiger partial charge in [-0.15, -0.1) is 0 Å². The van der Waals surface area contributed by atoms with E-state index in [0.717, 1.165) is 49.4 Å².